The van der Waals surface area contributed by atoms with Crippen LogP contribution in [0.25, 0.3) is 0 Å². The van der Waals surface area contributed by atoms with Crippen molar-refractivity contribution in [2.75, 3.05) is 18.1 Å². The molecule has 2 rings (SSSR count). The number of benzene rings is 2. The predicted octanol–water partition coefficient (Wildman–Crippen LogP) is 4.62. The number of nitrogens with two attached hydrogens (primary N) is 1. The minimum absolute atomic E-state index is 0.260. The van der Waals surface area contributed by atoms with Crippen LogP contribution in [0.15, 0.2) is 47.4 Å². The summed E-state index contributed by atoms with van der Waals surface area (Å²) < 4.78 is 18.2. The van der Waals surface area contributed by atoms with E-state index in [2.05, 4.69) is 0 Å². The van der Waals surface area contributed by atoms with Crippen molar-refractivity contribution in [1.82, 2.24) is 0 Å². The number of anilines is 1. The molecule has 2 aromatic carbocycles. The van der Waals surface area contributed by atoms with Gasteiger partial charge in [-0.05, 0) is 48.9 Å². The Balaban J connectivity index is 1.71. The van der Waals surface area contributed by atoms with Crippen LogP contribution in [0.3, 0.4) is 0 Å². The SMILES string of the molecule is Nc1ccc(Cl)cc1SCCCOc1ccc(F)cc1. The molecule has 0 aliphatic carbocycles. The molecule has 0 atom stereocenters. The minimum atomic E-state index is -0.260. The molecule has 2 aromatic rings. The van der Waals surface area contributed by atoms with Crippen LogP contribution in [0.4, 0.5) is 10.1 Å². The highest BCUT2D eigenvalue weighted by Gasteiger charge is 2.01. The number of ether oxygens (including phenoxy) is 1. The third kappa shape index (κ3) is 4.62. The Morgan fingerprint density at radius 3 is 2.65 bits per heavy atom. The topological polar surface area (TPSA) is 35.2 Å². The smallest absolute Gasteiger partial charge is 0.123 e. The molecule has 106 valence electrons. The lowest BCUT2D eigenvalue weighted by Gasteiger charge is -2.07. The summed E-state index contributed by atoms with van der Waals surface area (Å²) in [6, 6.07) is 11.5. The van der Waals surface area contributed by atoms with Gasteiger partial charge < -0.3 is 10.5 Å². The average molecular weight is 312 g/mol. The van der Waals surface area contributed by atoms with Crippen molar-refractivity contribution in [1.29, 1.82) is 0 Å². The van der Waals surface area contributed by atoms with Gasteiger partial charge >= 0.3 is 0 Å². The Morgan fingerprint density at radius 2 is 1.90 bits per heavy atom. The molecular formula is C15H15ClFNOS. The molecule has 5 heteroatoms. The summed E-state index contributed by atoms with van der Waals surface area (Å²) in [5, 5.41) is 0.685. The average Bonchev–Trinajstić information content (AvgIpc) is 2.44. The second kappa shape index (κ2) is 7.41. The number of halogens is 2. The number of nitrogen functional groups attached to an aromatic ring is 1. The van der Waals surface area contributed by atoms with Crippen LogP contribution in [0, 0.1) is 5.82 Å². The molecule has 0 saturated carbocycles. The van der Waals surface area contributed by atoms with E-state index in [4.69, 9.17) is 22.1 Å². The molecule has 0 spiro atoms. The van der Waals surface area contributed by atoms with Crippen LogP contribution in [0.5, 0.6) is 5.75 Å². The molecule has 0 heterocycles. The standard InChI is InChI=1S/C15H15ClFNOS/c16-11-2-7-14(18)15(10-11)20-9-1-8-19-13-5-3-12(17)4-6-13/h2-7,10H,1,8-9,18H2. The van der Waals surface area contributed by atoms with Gasteiger partial charge in [-0.15, -0.1) is 11.8 Å². The quantitative estimate of drug-likeness (QED) is 0.480. The molecule has 0 amide bonds. The first-order valence-electron chi connectivity index (χ1n) is 6.21. The van der Waals surface area contributed by atoms with Crippen molar-refractivity contribution < 1.29 is 9.13 Å². The first-order chi connectivity index (χ1) is 9.65. The van der Waals surface area contributed by atoms with Crippen molar-refractivity contribution in [2.24, 2.45) is 0 Å². The van der Waals surface area contributed by atoms with E-state index < -0.39 is 0 Å². The van der Waals surface area contributed by atoms with Gasteiger partial charge in [-0.25, -0.2) is 4.39 Å². The second-order valence-corrected chi connectivity index (χ2v) is 5.76. The van der Waals surface area contributed by atoms with Gasteiger partial charge in [0, 0.05) is 21.4 Å². The Labute approximate surface area is 127 Å². The van der Waals surface area contributed by atoms with E-state index in [0.717, 1.165) is 22.8 Å². The number of hydrogen-bond donors (Lipinski definition) is 1. The van der Waals surface area contributed by atoms with E-state index in [1.165, 1.54) is 12.1 Å². The lowest BCUT2D eigenvalue weighted by Crippen LogP contribution is -1.99. The maximum Gasteiger partial charge on any atom is 0.123 e. The van der Waals surface area contributed by atoms with Crippen LogP contribution in [0.2, 0.25) is 5.02 Å². The van der Waals surface area contributed by atoms with Crippen LogP contribution in [-0.2, 0) is 0 Å². The van der Waals surface area contributed by atoms with Crippen molar-refractivity contribution >= 4 is 29.1 Å². The molecule has 2 N–H and O–H groups in total. The zero-order chi connectivity index (χ0) is 14.4. The van der Waals surface area contributed by atoms with E-state index in [0.29, 0.717) is 17.4 Å². The van der Waals surface area contributed by atoms with E-state index >= 15 is 0 Å². The third-order valence-corrected chi connectivity index (χ3v) is 4.00. The monoisotopic (exact) mass is 311 g/mol. The molecule has 20 heavy (non-hydrogen) atoms. The second-order valence-electron chi connectivity index (χ2n) is 4.19. The summed E-state index contributed by atoms with van der Waals surface area (Å²) in [4.78, 5) is 0.985. The van der Waals surface area contributed by atoms with Gasteiger partial charge in [-0.2, -0.15) is 0 Å². The number of thioether (sulfide) groups is 1. The van der Waals surface area contributed by atoms with Crippen LogP contribution >= 0.6 is 23.4 Å². The van der Waals surface area contributed by atoms with Crippen LogP contribution in [0.1, 0.15) is 6.42 Å². The fraction of sp³-hybridized carbons (Fsp3) is 0.200. The highest BCUT2D eigenvalue weighted by molar-refractivity contribution is 7.99. The van der Waals surface area contributed by atoms with Crippen molar-refractivity contribution in [2.45, 2.75) is 11.3 Å². The fourth-order valence-electron chi connectivity index (χ4n) is 1.60. The first kappa shape index (κ1) is 15.0. The Hall–Kier alpha value is -1.39. The lowest BCUT2D eigenvalue weighted by molar-refractivity contribution is 0.318. The number of rotatable bonds is 6. The molecular weight excluding hydrogens is 297 g/mol. The highest BCUT2D eigenvalue weighted by Crippen LogP contribution is 2.28. The zero-order valence-corrected chi connectivity index (χ0v) is 12.4. The van der Waals surface area contributed by atoms with E-state index in [1.54, 1.807) is 36.0 Å². The minimum Gasteiger partial charge on any atom is -0.494 e. The normalized spacial score (nSPS) is 10.5. The van der Waals surface area contributed by atoms with Gasteiger partial charge in [-0.1, -0.05) is 11.6 Å². The maximum absolute atomic E-state index is 12.7. The summed E-state index contributed by atoms with van der Waals surface area (Å²) in [6.07, 6.45) is 0.869. The molecule has 0 aliphatic rings. The van der Waals surface area contributed by atoms with E-state index in [-0.39, 0.29) is 5.82 Å². The van der Waals surface area contributed by atoms with Gasteiger partial charge in [0.2, 0.25) is 0 Å². The van der Waals surface area contributed by atoms with Gasteiger partial charge in [0.1, 0.15) is 11.6 Å². The van der Waals surface area contributed by atoms with Crippen molar-refractivity contribution in [3.05, 3.63) is 53.3 Å². The fourth-order valence-corrected chi connectivity index (χ4v) is 2.76. The van der Waals surface area contributed by atoms with Gasteiger partial charge in [0.25, 0.3) is 0 Å². The molecule has 0 aliphatic heterocycles. The van der Waals surface area contributed by atoms with Gasteiger partial charge in [-0.3, -0.25) is 0 Å². The molecule has 0 saturated heterocycles. The number of hydrogen-bond acceptors (Lipinski definition) is 3. The van der Waals surface area contributed by atoms with E-state index in [1.807, 2.05) is 6.07 Å². The van der Waals surface area contributed by atoms with Crippen LogP contribution < -0.4 is 10.5 Å². The predicted molar refractivity (Wildman–Crippen MR) is 83.1 cm³/mol. The summed E-state index contributed by atoms with van der Waals surface area (Å²) in [7, 11) is 0. The Bertz CT molecular complexity index is 562. The highest BCUT2D eigenvalue weighted by atomic mass is 35.5. The molecule has 2 nitrogen and oxygen atoms in total. The third-order valence-electron chi connectivity index (χ3n) is 2.60. The molecule has 0 unspecified atom stereocenters. The summed E-state index contributed by atoms with van der Waals surface area (Å²) in [5.41, 5.74) is 6.60. The lowest BCUT2D eigenvalue weighted by atomic mass is 10.3. The van der Waals surface area contributed by atoms with Gasteiger partial charge in [0.15, 0.2) is 0 Å². The summed E-state index contributed by atoms with van der Waals surface area (Å²) >= 11 is 7.57. The molecule has 0 radical (unpaired) electrons. The zero-order valence-electron chi connectivity index (χ0n) is 10.8. The van der Waals surface area contributed by atoms with Crippen molar-refractivity contribution in [3.63, 3.8) is 0 Å². The maximum atomic E-state index is 12.7. The summed E-state index contributed by atoms with van der Waals surface area (Å²) in [5.74, 6) is 1.30. The first-order valence-corrected chi connectivity index (χ1v) is 7.58. The molecule has 0 aromatic heterocycles. The Kier molecular flexibility index (Phi) is 5.56. The van der Waals surface area contributed by atoms with E-state index in [9.17, 15) is 4.39 Å². The largest absolute Gasteiger partial charge is 0.494 e. The Morgan fingerprint density at radius 1 is 1.15 bits per heavy atom. The summed E-state index contributed by atoms with van der Waals surface area (Å²) in [6.45, 7) is 0.582. The van der Waals surface area contributed by atoms with Crippen LogP contribution in [-0.4, -0.2) is 12.4 Å². The van der Waals surface area contributed by atoms with Gasteiger partial charge in [0.05, 0.1) is 6.61 Å². The van der Waals surface area contributed by atoms with Crippen molar-refractivity contribution in [3.8, 4) is 5.75 Å². The molecule has 0 bridgehead atoms. The molecule has 0 fully saturated rings.